The molecule has 3 rings (SSSR count). The minimum Gasteiger partial charge on any atom is -0.375 e. The first-order valence-corrected chi connectivity index (χ1v) is 7.82. The summed E-state index contributed by atoms with van der Waals surface area (Å²) in [6.45, 7) is 2.06. The van der Waals surface area contributed by atoms with E-state index in [1.54, 1.807) is 5.01 Å². The second-order valence-electron chi connectivity index (χ2n) is 5.34. The van der Waals surface area contributed by atoms with Crippen LogP contribution < -0.4 is 5.73 Å². The van der Waals surface area contributed by atoms with Gasteiger partial charge in [0.1, 0.15) is 0 Å². The van der Waals surface area contributed by atoms with E-state index in [2.05, 4.69) is 36.3 Å². The fourth-order valence-corrected chi connectivity index (χ4v) is 3.05. The molecule has 1 aliphatic heterocycles. The van der Waals surface area contributed by atoms with E-state index in [1.807, 2.05) is 24.3 Å². The van der Waals surface area contributed by atoms with Gasteiger partial charge in [0.15, 0.2) is 5.11 Å². The van der Waals surface area contributed by atoms with Gasteiger partial charge in [-0.15, -0.1) is 0 Å². The molecule has 22 heavy (non-hydrogen) atoms. The number of hydrogen-bond donors (Lipinski definition) is 1. The number of benzene rings is 2. The van der Waals surface area contributed by atoms with Crippen molar-refractivity contribution in [2.45, 2.75) is 19.4 Å². The van der Waals surface area contributed by atoms with Gasteiger partial charge >= 0.3 is 0 Å². The zero-order valence-electron chi connectivity index (χ0n) is 12.2. The van der Waals surface area contributed by atoms with Crippen molar-refractivity contribution in [3.63, 3.8) is 0 Å². The highest BCUT2D eigenvalue weighted by molar-refractivity contribution is 7.80. The quantitative estimate of drug-likeness (QED) is 0.845. The van der Waals surface area contributed by atoms with Crippen molar-refractivity contribution >= 4 is 34.6 Å². The van der Waals surface area contributed by atoms with Crippen molar-refractivity contribution in [1.82, 2.24) is 5.01 Å². The molecule has 0 unspecified atom stereocenters. The van der Waals surface area contributed by atoms with Crippen LogP contribution in [0.5, 0.6) is 0 Å². The van der Waals surface area contributed by atoms with E-state index in [4.69, 9.17) is 29.6 Å². The molecular weight excluding hydrogens is 314 g/mol. The third-order valence-corrected chi connectivity index (χ3v) is 4.32. The summed E-state index contributed by atoms with van der Waals surface area (Å²) in [6.07, 6.45) is 0.726. The van der Waals surface area contributed by atoms with Gasteiger partial charge in [-0.1, -0.05) is 59.6 Å². The Hall–Kier alpha value is -1.91. The molecule has 0 amide bonds. The van der Waals surface area contributed by atoms with Crippen LogP contribution in [-0.2, 0) is 0 Å². The maximum atomic E-state index is 6.33. The summed E-state index contributed by atoms with van der Waals surface area (Å²) < 4.78 is 0. The molecule has 5 heteroatoms. The van der Waals surface area contributed by atoms with Crippen LogP contribution in [-0.4, -0.2) is 15.8 Å². The Labute approximate surface area is 140 Å². The van der Waals surface area contributed by atoms with Crippen LogP contribution in [0, 0.1) is 6.92 Å². The van der Waals surface area contributed by atoms with Gasteiger partial charge in [-0.05, 0) is 36.3 Å². The van der Waals surface area contributed by atoms with Gasteiger partial charge in [0.05, 0.1) is 11.8 Å². The maximum absolute atomic E-state index is 6.33. The molecule has 1 atom stereocenters. The van der Waals surface area contributed by atoms with E-state index in [1.165, 1.54) is 5.56 Å². The number of halogens is 1. The molecule has 1 heterocycles. The average molecular weight is 330 g/mol. The van der Waals surface area contributed by atoms with Crippen LogP contribution >= 0.6 is 23.8 Å². The zero-order valence-corrected chi connectivity index (χ0v) is 13.7. The molecule has 0 fully saturated rings. The minimum absolute atomic E-state index is 0.0532. The molecule has 0 spiro atoms. The van der Waals surface area contributed by atoms with Crippen LogP contribution in [0.15, 0.2) is 53.6 Å². The van der Waals surface area contributed by atoms with Gasteiger partial charge in [0.25, 0.3) is 0 Å². The summed E-state index contributed by atoms with van der Waals surface area (Å²) in [5, 5.41) is 7.26. The lowest BCUT2D eigenvalue weighted by Crippen LogP contribution is -2.31. The lowest BCUT2D eigenvalue weighted by molar-refractivity contribution is 0.373. The van der Waals surface area contributed by atoms with Crippen LogP contribution in [0.1, 0.15) is 29.2 Å². The normalized spacial score (nSPS) is 17.5. The Kier molecular flexibility index (Phi) is 4.14. The number of nitrogens with two attached hydrogens (primary N) is 1. The lowest BCUT2D eigenvalue weighted by atomic mass is 9.98. The molecule has 2 aromatic rings. The van der Waals surface area contributed by atoms with Gasteiger partial charge in [-0.3, -0.25) is 0 Å². The molecule has 0 saturated carbocycles. The second-order valence-corrected chi connectivity index (χ2v) is 6.16. The van der Waals surface area contributed by atoms with Crippen molar-refractivity contribution in [2.24, 2.45) is 10.8 Å². The van der Waals surface area contributed by atoms with Gasteiger partial charge < -0.3 is 5.73 Å². The number of hydrazone groups is 1. The van der Waals surface area contributed by atoms with Crippen LogP contribution in [0.3, 0.4) is 0 Å². The molecule has 0 bridgehead atoms. The summed E-state index contributed by atoms with van der Waals surface area (Å²) in [6, 6.07) is 16.0. The standard InChI is InChI=1S/C17H16ClN3S/c1-11-6-8-12(9-7-11)15-10-16(21(20-15)17(19)22)13-4-2-3-5-14(13)18/h2-9,16H,10H2,1H3,(H2,19,22)/t16-/m1/s1. The fraction of sp³-hybridized carbons (Fsp3) is 0.176. The van der Waals surface area contributed by atoms with Crippen LogP contribution in [0.25, 0.3) is 0 Å². The third kappa shape index (κ3) is 2.85. The number of nitrogens with zero attached hydrogens (tertiary/aromatic N) is 2. The van der Waals surface area contributed by atoms with Gasteiger partial charge in [0.2, 0.25) is 0 Å². The number of rotatable bonds is 2. The smallest absolute Gasteiger partial charge is 0.187 e. The molecule has 0 saturated heterocycles. The first kappa shape index (κ1) is 15.0. The van der Waals surface area contributed by atoms with E-state index in [0.29, 0.717) is 5.02 Å². The maximum Gasteiger partial charge on any atom is 0.187 e. The topological polar surface area (TPSA) is 41.6 Å². The Morgan fingerprint density at radius 3 is 2.55 bits per heavy atom. The highest BCUT2D eigenvalue weighted by Gasteiger charge is 2.31. The van der Waals surface area contributed by atoms with Crippen molar-refractivity contribution in [3.05, 3.63) is 70.2 Å². The van der Waals surface area contributed by atoms with Gasteiger partial charge in [0, 0.05) is 11.4 Å². The van der Waals surface area contributed by atoms with E-state index >= 15 is 0 Å². The Morgan fingerprint density at radius 2 is 1.91 bits per heavy atom. The zero-order chi connectivity index (χ0) is 15.7. The summed E-state index contributed by atoms with van der Waals surface area (Å²) in [7, 11) is 0. The average Bonchev–Trinajstić information content (AvgIpc) is 2.93. The SMILES string of the molecule is Cc1ccc(C2=NN(C(N)=S)[C@@H](c3ccccc3Cl)C2)cc1. The first-order valence-electron chi connectivity index (χ1n) is 7.04. The second kappa shape index (κ2) is 6.07. The first-order chi connectivity index (χ1) is 10.6. The van der Waals surface area contributed by atoms with Crippen molar-refractivity contribution in [1.29, 1.82) is 0 Å². The highest BCUT2D eigenvalue weighted by atomic mass is 35.5. The molecule has 0 radical (unpaired) electrons. The molecular formula is C17H16ClN3S. The summed E-state index contributed by atoms with van der Waals surface area (Å²) in [5.41, 5.74) is 10.1. The van der Waals surface area contributed by atoms with Crippen molar-refractivity contribution in [2.75, 3.05) is 0 Å². The van der Waals surface area contributed by atoms with Crippen LogP contribution in [0.2, 0.25) is 5.02 Å². The molecule has 0 aromatic heterocycles. The van der Waals surface area contributed by atoms with Crippen molar-refractivity contribution in [3.8, 4) is 0 Å². The highest BCUT2D eigenvalue weighted by Crippen LogP contribution is 2.35. The Morgan fingerprint density at radius 1 is 1.23 bits per heavy atom. The molecule has 112 valence electrons. The monoisotopic (exact) mass is 329 g/mol. The summed E-state index contributed by atoms with van der Waals surface area (Å²) in [5.74, 6) is 0. The number of aryl methyl sites for hydroxylation is 1. The summed E-state index contributed by atoms with van der Waals surface area (Å²) in [4.78, 5) is 0. The van der Waals surface area contributed by atoms with Crippen LogP contribution in [0.4, 0.5) is 0 Å². The van der Waals surface area contributed by atoms with Crippen molar-refractivity contribution < 1.29 is 0 Å². The van der Waals surface area contributed by atoms with E-state index in [0.717, 1.165) is 23.3 Å². The number of hydrogen-bond acceptors (Lipinski definition) is 2. The molecule has 2 aromatic carbocycles. The molecule has 1 aliphatic rings. The molecule has 2 N–H and O–H groups in total. The van der Waals surface area contributed by atoms with E-state index in [9.17, 15) is 0 Å². The Bertz CT molecular complexity index is 740. The predicted octanol–water partition coefficient (Wildman–Crippen LogP) is 4.04. The molecule has 3 nitrogen and oxygen atoms in total. The fourth-order valence-electron chi connectivity index (χ4n) is 2.62. The largest absolute Gasteiger partial charge is 0.375 e. The van der Waals surface area contributed by atoms with Gasteiger partial charge in [-0.25, -0.2) is 5.01 Å². The Balaban J connectivity index is 1.96. The lowest BCUT2D eigenvalue weighted by Gasteiger charge is -2.22. The van der Waals surface area contributed by atoms with E-state index < -0.39 is 0 Å². The van der Waals surface area contributed by atoms with Gasteiger partial charge in [-0.2, -0.15) is 5.10 Å². The third-order valence-electron chi connectivity index (χ3n) is 3.79. The minimum atomic E-state index is -0.0532. The number of thiocarbonyl (C=S) groups is 1. The predicted molar refractivity (Wildman–Crippen MR) is 95.2 cm³/mol. The summed E-state index contributed by atoms with van der Waals surface area (Å²) >= 11 is 11.5. The molecule has 0 aliphatic carbocycles. The van der Waals surface area contributed by atoms with E-state index in [-0.39, 0.29) is 11.2 Å².